The first-order valence-electron chi connectivity index (χ1n) is 12.6. The summed E-state index contributed by atoms with van der Waals surface area (Å²) in [6, 6.07) is 16.5. The van der Waals surface area contributed by atoms with E-state index >= 15 is 0 Å². The molecule has 0 saturated carbocycles. The second kappa shape index (κ2) is 13.0. The molecule has 2 heterocycles. The lowest BCUT2D eigenvalue weighted by Crippen LogP contribution is -2.49. The van der Waals surface area contributed by atoms with Crippen molar-refractivity contribution in [3.8, 4) is 0 Å². The minimum atomic E-state index is -0.778. The van der Waals surface area contributed by atoms with Crippen LogP contribution in [0.4, 0.5) is 15.3 Å². The van der Waals surface area contributed by atoms with Gasteiger partial charge in [0.1, 0.15) is 18.5 Å². The van der Waals surface area contributed by atoms with Crippen molar-refractivity contribution in [2.75, 3.05) is 57.8 Å². The highest BCUT2D eigenvalue weighted by molar-refractivity contribution is 6.03. The Hall–Kier alpha value is -3.96. The summed E-state index contributed by atoms with van der Waals surface area (Å²) in [5.41, 5.74) is 8.02. The lowest BCUT2D eigenvalue weighted by molar-refractivity contribution is -0.145. The molecule has 2 amide bonds. The van der Waals surface area contributed by atoms with Gasteiger partial charge >= 0.3 is 18.2 Å². The highest BCUT2D eigenvalue weighted by atomic mass is 16.6. The lowest BCUT2D eigenvalue weighted by Gasteiger charge is -2.35. The van der Waals surface area contributed by atoms with Gasteiger partial charge in [-0.15, -0.1) is 0 Å². The number of ether oxygens (including phenoxy) is 3. The van der Waals surface area contributed by atoms with E-state index in [4.69, 9.17) is 15.2 Å². The molecular formula is C27H33N5O6. The Labute approximate surface area is 221 Å². The maximum absolute atomic E-state index is 12.5. The highest BCUT2D eigenvalue weighted by Crippen LogP contribution is 2.23. The zero-order valence-corrected chi connectivity index (χ0v) is 21.5. The molecule has 202 valence electrons. The summed E-state index contributed by atoms with van der Waals surface area (Å²) in [5.74, 6) is -0.158. The third-order valence-electron chi connectivity index (χ3n) is 6.54. The molecule has 2 saturated heterocycles. The molecule has 38 heavy (non-hydrogen) atoms. The molecule has 1 atom stereocenters. The maximum Gasteiger partial charge on any atom is 0.435 e. The molecule has 2 N–H and O–H groups in total. The maximum atomic E-state index is 12.5. The Bertz CT molecular complexity index is 1130. The SMILES string of the molecule is COC(=O)N=C(N)c1ccc(N2CC(CN3CCN(CCC(=O)OCc4ccccc4)CC3)OC2=O)cc1. The highest BCUT2D eigenvalue weighted by Gasteiger charge is 2.34. The molecule has 2 aromatic carbocycles. The number of cyclic esters (lactones) is 1. The van der Waals surface area contributed by atoms with Gasteiger partial charge in [0.2, 0.25) is 0 Å². The summed E-state index contributed by atoms with van der Waals surface area (Å²) in [4.78, 5) is 45.6. The van der Waals surface area contributed by atoms with Crippen LogP contribution < -0.4 is 10.6 Å². The van der Waals surface area contributed by atoms with E-state index in [0.717, 1.165) is 31.7 Å². The van der Waals surface area contributed by atoms with Gasteiger partial charge < -0.3 is 24.8 Å². The third kappa shape index (κ3) is 7.53. The molecule has 0 bridgehead atoms. The molecule has 2 aromatic rings. The lowest BCUT2D eigenvalue weighted by atomic mass is 10.1. The van der Waals surface area contributed by atoms with Gasteiger partial charge in [-0.05, 0) is 29.8 Å². The molecule has 1 unspecified atom stereocenters. The van der Waals surface area contributed by atoms with Crippen LogP contribution in [-0.4, -0.2) is 92.8 Å². The second-order valence-corrected chi connectivity index (χ2v) is 9.17. The predicted molar refractivity (Wildman–Crippen MR) is 141 cm³/mol. The van der Waals surface area contributed by atoms with E-state index in [9.17, 15) is 14.4 Å². The molecule has 0 radical (unpaired) electrons. The van der Waals surface area contributed by atoms with Crippen molar-refractivity contribution in [3.63, 3.8) is 0 Å². The van der Waals surface area contributed by atoms with E-state index in [1.807, 2.05) is 30.3 Å². The number of carbonyl (C=O) groups is 3. The minimum Gasteiger partial charge on any atom is -0.461 e. The van der Waals surface area contributed by atoms with Crippen molar-refractivity contribution in [1.29, 1.82) is 0 Å². The molecule has 0 aliphatic carbocycles. The van der Waals surface area contributed by atoms with Gasteiger partial charge in [-0.25, -0.2) is 9.59 Å². The number of nitrogens with two attached hydrogens (primary N) is 1. The minimum absolute atomic E-state index is 0.0356. The number of anilines is 1. The first-order valence-corrected chi connectivity index (χ1v) is 12.6. The van der Waals surface area contributed by atoms with Crippen LogP contribution in [0.5, 0.6) is 0 Å². The smallest absolute Gasteiger partial charge is 0.435 e. The third-order valence-corrected chi connectivity index (χ3v) is 6.54. The Kier molecular flexibility index (Phi) is 9.28. The summed E-state index contributed by atoms with van der Waals surface area (Å²) in [6.07, 6.45) is -1.06. The van der Waals surface area contributed by atoms with Crippen molar-refractivity contribution in [2.45, 2.75) is 19.1 Å². The average Bonchev–Trinajstić information content (AvgIpc) is 3.31. The number of benzene rings is 2. The molecule has 2 aliphatic heterocycles. The molecule has 2 fully saturated rings. The van der Waals surface area contributed by atoms with Crippen molar-refractivity contribution < 1.29 is 28.6 Å². The van der Waals surface area contributed by atoms with Gasteiger partial charge in [0.25, 0.3) is 0 Å². The summed E-state index contributed by atoms with van der Waals surface area (Å²) in [7, 11) is 1.23. The summed E-state index contributed by atoms with van der Waals surface area (Å²) >= 11 is 0. The zero-order chi connectivity index (χ0) is 26.9. The van der Waals surface area contributed by atoms with Crippen molar-refractivity contribution in [1.82, 2.24) is 9.80 Å². The van der Waals surface area contributed by atoms with Crippen molar-refractivity contribution in [2.24, 2.45) is 10.7 Å². The Balaban J connectivity index is 1.17. The number of rotatable bonds is 9. The van der Waals surface area contributed by atoms with Crippen molar-refractivity contribution in [3.05, 3.63) is 65.7 Å². The largest absolute Gasteiger partial charge is 0.461 e. The molecule has 0 aromatic heterocycles. The standard InChI is InChI=1S/C27H33N5O6/c1-36-26(34)29-25(28)21-7-9-22(10-8-21)32-18-23(38-27(32)35)17-31-15-13-30(14-16-31)12-11-24(33)37-19-20-5-3-2-4-6-20/h2-10,23H,11-19H2,1H3,(H2,28,29,34). The van der Waals surface area contributed by atoms with Crippen LogP contribution in [0.1, 0.15) is 17.5 Å². The van der Waals surface area contributed by atoms with Gasteiger partial charge in [-0.3, -0.25) is 14.6 Å². The van der Waals surface area contributed by atoms with E-state index in [1.165, 1.54) is 7.11 Å². The van der Waals surface area contributed by atoms with E-state index in [1.54, 1.807) is 29.2 Å². The number of methoxy groups -OCH3 is 1. The monoisotopic (exact) mass is 523 g/mol. The number of piperazine rings is 1. The number of amidine groups is 1. The van der Waals surface area contributed by atoms with Gasteiger partial charge in [-0.2, -0.15) is 4.99 Å². The molecule has 2 aliphatic rings. The summed E-state index contributed by atoms with van der Waals surface area (Å²) in [5, 5.41) is 0. The first-order chi connectivity index (χ1) is 18.4. The molecule has 11 nitrogen and oxygen atoms in total. The molecule has 0 spiro atoms. The van der Waals surface area contributed by atoms with Gasteiger partial charge in [-0.1, -0.05) is 30.3 Å². The fourth-order valence-electron chi connectivity index (χ4n) is 4.39. The number of esters is 1. The van der Waals surface area contributed by atoms with Gasteiger partial charge in [0, 0.05) is 50.5 Å². The Morgan fingerprint density at radius 1 is 1.03 bits per heavy atom. The van der Waals surface area contributed by atoms with Crippen LogP contribution >= 0.6 is 0 Å². The molecule has 4 rings (SSSR count). The molecular weight excluding hydrogens is 490 g/mol. The van der Waals surface area contributed by atoms with Crippen LogP contribution in [0.3, 0.4) is 0 Å². The van der Waals surface area contributed by atoms with Crippen LogP contribution in [0.15, 0.2) is 59.6 Å². The van der Waals surface area contributed by atoms with E-state index in [-0.39, 0.29) is 17.9 Å². The predicted octanol–water partition coefficient (Wildman–Crippen LogP) is 2.23. The Morgan fingerprint density at radius 2 is 1.71 bits per heavy atom. The fraction of sp³-hybridized carbons (Fsp3) is 0.407. The second-order valence-electron chi connectivity index (χ2n) is 9.17. The number of aliphatic imine (C=N–C) groups is 1. The quantitative estimate of drug-likeness (QED) is 0.228. The first kappa shape index (κ1) is 27.1. The van der Waals surface area contributed by atoms with Gasteiger partial charge in [0.05, 0.1) is 20.1 Å². The van der Waals surface area contributed by atoms with Crippen LogP contribution in [0, 0.1) is 0 Å². The zero-order valence-electron chi connectivity index (χ0n) is 21.5. The van der Waals surface area contributed by atoms with Crippen molar-refractivity contribution >= 4 is 29.7 Å². The van der Waals surface area contributed by atoms with E-state index in [0.29, 0.717) is 43.9 Å². The number of hydrogen-bond acceptors (Lipinski definition) is 8. The fourth-order valence-corrected chi connectivity index (χ4v) is 4.39. The number of carbonyl (C=O) groups excluding carboxylic acids is 3. The normalized spacial score (nSPS) is 18.8. The van der Waals surface area contributed by atoms with Crippen LogP contribution in [0.25, 0.3) is 0 Å². The summed E-state index contributed by atoms with van der Waals surface area (Å²) in [6.45, 7) is 5.40. The van der Waals surface area contributed by atoms with Gasteiger partial charge in [0.15, 0.2) is 0 Å². The van der Waals surface area contributed by atoms with E-state index in [2.05, 4.69) is 19.5 Å². The number of nitrogens with zero attached hydrogens (tertiary/aromatic N) is 4. The average molecular weight is 524 g/mol. The van der Waals surface area contributed by atoms with E-state index < -0.39 is 12.2 Å². The van der Waals surface area contributed by atoms with Crippen LogP contribution in [0.2, 0.25) is 0 Å². The van der Waals surface area contributed by atoms with Crippen LogP contribution in [-0.2, 0) is 25.6 Å². The number of hydrogen-bond donors (Lipinski definition) is 1. The number of amides is 2. The topological polar surface area (TPSA) is 127 Å². The molecule has 11 heteroatoms. The summed E-state index contributed by atoms with van der Waals surface area (Å²) < 4.78 is 15.5. The Morgan fingerprint density at radius 3 is 2.39 bits per heavy atom.